The number of anilines is 1. The van der Waals surface area contributed by atoms with E-state index in [9.17, 15) is 23.5 Å². The molecule has 37 heavy (non-hydrogen) atoms. The molecular formula is C27H32F2N4O4. The average molecular weight is 515 g/mol. The summed E-state index contributed by atoms with van der Waals surface area (Å²) in [6.45, 7) is 3.51. The van der Waals surface area contributed by atoms with E-state index in [1.54, 1.807) is 26.1 Å². The maximum atomic E-state index is 14.1. The Morgan fingerprint density at radius 2 is 2.00 bits per heavy atom. The Balaban J connectivity index is 1.32. The highest BCUT2D eigenvalue weighted by atomic mass is 19.1. The summed E-state index contributed by atoms with van der Waals surface area (Å²) >= 11 is 0. The van der Waals surface area contributed by atoms with Gasteiger partial charge in [-0.2, -0.15) is 5.10 Å². The first-order valence-electron chi connectivity index (χ1n) is 12.8. The van der Waals surface area contributed by atoms with E-state index in [0.717, 1.165) is 31.4 Å². The predicted molar refractivity (Wildman–Crippen MR) is 131 cm³/mol. The number of carbonyl (C=O) groups is 2. The van der Waals surface area contributed by atoms with E-state index in [2.05, 4.69) is 10.4 Å². The summed E-state index contributed by atoms with van der Waals surface area (Å²) < 4.78 is 35.2. The molecule has 198 valence electrons. The van der Waals surface area contributed by atoms with Crippen LogP contribution in [-0.2, 0) is 16.1 Å². The minimum absolute atomic E-state index is 0.0708. The van der Waals surface area contributed by atoms with Crippen LogP contribution in [0.2, 0.25) is 0 Å². The van der Waals surface area contributed by atoms with Crippen LogP contribution < -0.4 is 10.1 Å². The second kappa shape index (κ2) is 9.89. The lowest BCUT2D eigenvalue weighted by atomic mass is 9.83. The fourth-order valence-electron chi connectivity index (χ4n) is 6.00. The van der Waals surface area contributed by atoms with E-state index >= 15 is 0 Å². The minimum Gasteiger partial charge on any atom is -0.453 e. The van der Waals surface area contributed by atoms with Crippen molar-refractivity contribution in [3.05, 3.63) is 53.9 Å². The largest absolute Gasteiger partial charge is 0.453 e. The van der Waals surface area contributed by atoms with Gasteiger partial charge >= 0.3 is 0 Å². The highest BCUT2D eigenvalue weighted by Gasteiger charge is 2.44. The van der Waals surface area contributed by atoms with Crippen LogP contribution in [-0.4, -0.2) is 49.8 Å². The van der Waals surface area contributed by atoms with Crippen LogP contribution in [0.1, 0.15) is 46.0 Å². The topological polar surface area (TPSA) is 96.7 Å². The summed E-state index contributed by atoms with van der Waals surface area (Å²) in [5, 5.41) is 17.2. The summed E-state index contributed by atoms with van der Waals surface area (Å²) in [5.41, 5.74) is -0.973. The summed E-state index contributed by atoms with van der Waals surface area (Å²) in [5.74, 6) is -1.20. The summed E-state index contributed by atoms with van der Waals surface area (Å²) in [6, 6.07) is 4.24. The molecule has 3 aliphatic rings. The van der Waals surface area contributed by atoms with Gasteiger partial charge in [0.15, 0.2) is 23.2 Å². The fourth-order valence-corrected chi connectivity index (χ4v) is 6.00. The quantitative estimate of drug-likeness (QED) is 0.530. The van der Waals surface area contributed by atoms with Gasteiger partial charge in [-0.05, 0) is 69.4 Å². The molecule has 2 amide bonds. The van der Waals surface area contributed by atoms with Crippen LogP contribution in [0.4, 0.5) is 14.6 Å². The van der Waals surface area contributed by atoms with Gasteiger partial charge in [-0.25, -0.2) is 8.78 Å². The second-order valence-corrected chi connectivity index (χ2v) is 11.1. The normalized spacial score (nSPS) is 23.9. The maximum Gasteiger partial charge on any atom is 0.251 e. The average Bonchev–Trinajstić information content (AvgIpc) is 3.59. The third-order valence-corrected chi connectivity index (χ3v) is 7.58. The van der Waals surface area contributed by atoms with Crippen molar-refractivity contribution in [1.82, 2.24) is 14.7 Å². The first-order chi connectivity index (χ1) is 17.6. The Hall–Kier alpha value is -3.27. The van der Waals surface area contributed by atoms with Gasteiger partial charge in [0.05, 0.1) is 18.7 Å². The summed E-state index contributed by atoms with van der Waals surface area (Å²) in [7, 11) is 0. The van der Waals surface area contributed by atoms with Crippen LogP contribution in [0.15, 0.2) is 42.3 Å². The van der Waals surface area contributed by atoms with Crippen molar-refractivity contribution in [2.75, 3.05) is 11.9 Å². The molecule has 0 saturated heterocycles. The molecule has 0 spiro atoms. The van der Waals surface area contributed by atoms with Gasteiger partial charge in [0.1, 0.15) is 11.8 Å². The number of halogens is 2. The molecule has 1 aromatic heterocycles. The molecule has 5 rings (SSSR count). The van der Waals surface area contributed by atoms with Crippen LogP contribution in [0.25, 0.3) is 0 Å². The molecule has 2 heterocycles. The number of para-hydroxylation sites is 1. The van der Waals surface area contributed by atoms with Crippen LogP contribution in [0, 0.1) is 29.4 Å². The van der Waals surface area contributed by atoms with Gasteiger partial charge in [-0.1, -0.05) is 12.5 Å². The van der Waals surface area contributed by atoms with Crippen LogP contribution >= 0.6 is 0 Å². The number of rotatable bonds is 9. The van der Waals surface area contributed by atoms with Crippen molar-refractivity contribution < 1.29 is 28.2 Å². The molecule has 2 bridgehead atoms. The Kier molecular flexibility index (Phi) is 6.78. The number of aliphatic hydroxyl groups is 1. The van der Waals surface area contributed by atoms with E-state index in [1.165, 1.54) is 28.1 Å². The zero-order valence-corrected chi connectivity index (χ0v) is 21.0. The number of fused-ring (bicyclic) bond motifs is 2. The van der Waals surface area contributed by atoms with Crippen molar-refractivity contribution in [3.8, 4) is 5.75 Å². The number of aromatic nitrogens is 2. The molecule has 0 radical (unpaired) electrons. The Bertz CT molecular complexity index is 1200. The van der Waals surface area contributed by atoms with Crippen molar-refractivity contribution in [2.24, 2.45) is 17.8 Å². The van der Waals surface area contributed by atoms with E-state index in [4.69, 9.17) is 4.74 Å². The van der Waals surface area contributed by atoms with Crippen molar-refractivity contribution in [1.29, 1.82) is 0 Å². The molecule has 10 heteroatoms. The molecule has 2 fully saturated rings. The van der Waals surface area contributed by atoms with E-state index in [1.807, 2.05) is 0 Å². The third-order valence-electron chi connectivity index (χ3n) is 7.58. The molecule has 4 unspecified atom stereocenters. The number of hydrogen-bond acceptors (Lipinski definition) is 5. The molecule has 8 nitrogen and oxygen atoms in total. The van der Waals surface area contributed by atoms with Gasteiger partial charge in [-0.15, -0.1) is 0 Å². The highest BCUT2D eigenvalue weighted by Crippen LogP contribution is 2.50. The number of amides is 2. The van der Waals surface area contributed by atoms with Gasteiger partial charge < -0.3 is 20.1 Å². The Morgan fingerprint density at radius 1 is 1.24 bits per heavy atom. The number of nitrogens with one attached hydrogen (secondary N) is 1. The predicted octanol–water partition coefficient (Wildman–Crippen LogP) is 3.87. The lowest BCUT2D eigenvalue weighted by Gasteiger charge is -2.31. The SMILES string of the molecule is CC(C)(O)Cn1ccc(NC(=O)C(CC2CC3CCC2C3)N2CC(Oc3c(F)cccc3F)=CC2=O)n1. The van der Waals surface area contributed by atoms with Gasteiger partial charge in [-0.3, -0.25) is 14.3 Å². The van der Waals surface area contributed by atoms with Gasteiger partial charge in [0, 0.05) is 18.3 Å². The third kappa shape index (κ3) is 5.69. The van der Waals surface area contributed by atoms with Crippen LogP contribution in [0.5, 0.6) is 5.75 Å². The Labute approximate surface area is 214 Å². The molecule has 1 aliphatic heterocycles. The minimum atomic E-state index is -0.973. The molecule has 1 aromatic carbocycles. The number of carbonyl (C=O) groups excluding carboxylic acids is 2. The molecule has 2 aromatic rings. The number of benzene rings is 1. The first-order valence-corrected chi connectivity index (χ1v) is 12.8. The first kappa shape index (κ1) is 25.4. The van der Waals surface area contributed by atoms with E-state index in [0.29, 0.717) is 30.0 Å². The number of nitrogens with zero attached hydrogens (tertiary/aromatic N) is 3. The summed E-state index contributed by atoms with van der Waals surface area (Å²) in [4.78, 5) is 27.9. The lowest BCUT2D eigenvalue weighted by Crippen LogP contribution is -2.47. The van der Waals surface area contributed by atoms with Crippen molar-refractivity contribution in [3.63, 3.8) is 0 Å². The maximum absolute atomic E-state index is 14.1. The van der Waals surface area contributed by atoms with E-state index in [-0.39, 0.29) is 24.8 Å². The van der Waals surface area contributed by atoms with Crippen molar-refractivity contribution in [2.45, 2.75) is 64.1 Å². The molecule has 2 saturated carbocycles. The highest BCUT2D eigenvalue weighted by molar-refractivity contribution is 5.99. The zero-order valence-electron chi connectivity index (χ0n) is 21.0. The fraction of sp³-hybridized carbons (Fsp3) is 0.519. The second-order valence-electron chi connectivity index (χ2n) is 11.1. The van der Waals surface area contributed by atoms with Crippen molar-refractivity contribution >= 4 is 17.6 Å². The van der Waals surface area contributed by atoms with Gasteiger partial charge in [0.2, 0.25) is 5.91 Å². The van der Waals surface area contributed by atoms with Crippen LogP contribution in [0.3, 0.4) is 0 Å². The number of hydrogen-bond donors (Lipinski definition) is 2. The molecule has 4 atom stereocenters. The monoisotopic (exact) mass is 514 g/mol. The lowest BCUT2D eigenvalue weighted by molar-refractivity contribution is -0.134. The standard InChI is InChI=1S/C27H32F2N4O4/c1-27(2,36)15-32-9-8-23(31-32)30-26(35)22(12-18-11-16-6-7-17(18)10-16)33-14-19(13-24(33)34)37-25-20(28)4-3-5-21(25)29/h3-5,8-9,13,16-18,22,36H,6-7,10-12,14-15H2,1-2H3,(H,30,31,35). The smallest absolute Gasteiger partial charge is 0.251 e. The molecular weight excluding hydrogens is 482 g/mol. The summed E-state index contributed by atoms with van der Waals surface area (Å²) in [6.07, 6.45) is 7.89. The zero-order chi connectivity index (χ0) is 26.3. The molecule has 2 aliphatic carbocycles. The molecule has 2 N–H and O–H groups in total. The Morgan fingerprint density at radius 3 is 2.65 bits per heavy atom. The number of ether oxygens (including phenoxy) is 1. The van der Waals surface area contributed by atoms with E-state index < -0.39 is 34.9 Å². The van der Waals surface area contributed by atoms with Gasteiger partial charge in [0.25, 0.3) is 5.91 Å².